The van der Waals surface area contributed by atoms with E-state index in [0.717, 1.165) is 10.2 Å². The number of fused-ring (bicyclic) bond motifs is 1. The van der Waals surface area contributed by atoms with Crippen molar-refractivity contribution < 1.29 is 9.53 Å². The number of para-hydroxylation sites is 1. The molecule has 3 aromatic rings. The maximum atomic E-state index is 12.0. The standard InChI is InChI=1S/C16H12Cl2N2O2S/c1-20-15-12(18)3-2-4-13(15)23-16(20)19-14(21)9-22-11-7-5-10(17)6-8-11/h2-8H,9H2,1H3. The number of rotatable bonds is 3. The number of carbonyl (C=O) groups is 1. The quantitative estimate of drug-likeness (QED) is 0.701. The Balaban J connectivity index is 1.81. The lowest BCUT2D eigenvalue weighted by molar-refractivity contribution is -0.120. The molecule has 0 aliphatic rings. The van der Waals surface area contributed by atoms with E-state index in [4.69, 9.17) is 27.9 Å². The molecule has 1 aromatic heterocycles. The van der Waals surface area contributed by atoms with E-state index in [-0.39, 0.29) is 12.5 Å². The first-order valence-electron chi connectivity index (χ1n) is 6.74. The van der Waals surface area contributed by atoms with Gasteiger partial charge in [0, 0.05) is 12.1 Å². The summed E-state index contributed by atoms with van der Waals surface area (Å²) in [5, 5.41) is 1.25. The van der Waals surface area contributed by atoms with Crippen molar-refractivity contribution in [3.8, 4) is 5.75 Å². The molecule has 118 valence electrons. The zero-order valence-corrected chi connectivity index (χ0v) is 14.5. The molecule has 3 rings (SSSR count). The van der Waals surface area contributed by atoms with Gasteiger partial charge in [0.15, 0.2) is 11.4 Å². The highest BCUT2D eigenvalue weighted by Gasteiger charge is 2.08. The molecule has 0 fully saturated rings. The number of amides is 1. The van der Waals surface area contributed by atoms with E-state index in [0.29, 0.717) is 20.6 Å². The number of benzene rings is 2. The fourth-order valence-corrected chi connectivity index (χ4v) is 3.62. The SMILES string of the molecule is Cn1c(=NC(=O)COc2ccc(Cl)cc2)sc2cccc(Cl)c21. The van der Waals surface area contributed by atoms with Gasteiger partial charge in [-0.2, -0.15) is 4.99 Å². The Morgan fingerprint density at radius 2 is 1.96 bits per heavy atom. The van der Waals surface area contributed by atoms with Gasteiger partial charge in [-0.3, -0.25) is 4.79 Å². The van der Waals surface area contributed by atoms with Crippen molar-refractivity contribution in [2.24, 2.45) is 12.0 Å². The van der Waals surface area contributed by atoms with Crippen LogP contribution >= 0.6 is 34.5 Å². The minimum Gasteiger partial charge on any atom is -0.484 e. The van der Waals surface area contributed by atoms with E-state index >= 15 is 0 Å². The fourth-order valence-electron chi connectivity index (χ4n) is 2.08. The number of hydrogen-bond acceptors (Lipinski definition) is 3. The van der Waals surface area contributed by atoms with Crippen molar-refractivity contribution in [1.29, 1.82) is 0 Å². The average Bonchev–Trinajstić information content (AvgIpc) is 2.84. The van der Waals surface area contributed by atoms with Crippen LogP contribution in [0.4, 0.5) is 0 Å². The van der Waals surface area contributed by atoms with Gasteiger partial charge in [-0.05, 0) is 36.4 Å². The number of hydrogen-bond donors (Lipinski definition) is 0. The maximum Gasteiger partial charge on any atom is 0.286 e. The summed E-state index contributed by atoms with van der Waals surface area (Å²) in [6.07, 6.45) is 0. The van der Waals surface area contributed by atoms with Gasteiger partial charge in [-0.1, -0.05) is 40.6 Å². The number of carbonyl (C=O) groups excluding carboxylic acids is 1. The number of aryl methyl sites for hydroxylation is 1. The predicted octanol–water partition coefficient (Wildman–Crippen LogP) is 4.05. The summed E-state index contributed by atoms with van der Waals surface area (Å²) in [5.74, 6) is 0.208. The van der Waals surface area contributed by atoms with Crippen LogP contribution < -0.4 is 9.54 Å². The lowest BCUT2D eigenvalue weighted by Crippen LogP contribution is -2.17. The Kier molecular flexibility index (Phi) is 4.71. The Labute approximate surface area is 146 Å². The largest absolute Gasteiger partial charge is 0.484 e. The molecular weight excluding hydrogens is 355 g/mol. The highest BCUT2D eigenvalue weighted by atomic mass is 35.5. The molecule has 0 saturated carbocycles. The zero-order chi connectivity index (χ0) is 16.4. The van der Waals surface area contributed by atoms with Crippen LogP contribution in [0.5, 0.6) is 5.75 Å². The molecular formula is C16H12Cl2N2O2S. The molecule has 1 heterocycles. The molecule has 0 saturated heterocycles. The minimum atomic E-state index is -0.363. The fraction of sp³-hybridized carbons (Fsp3) is 0.125. The number of nitrogens with zero attached hydrogens (tertiary/aromatic N) is 2. The zero-order valence-electron chi connectivity index (χ0n) is 12.1. The third-order valence-electron chi connectivity index (χ3n) is 3.17. The molecule has 1 amide bonds. The van der Waals surface area contributed by atoms with Crippen LogP contribution in [0.1, 0.15) is 0 Å². The Morgan fingerprint density at radius 3 is 2.65 bits per heavy atom. The third-order valence-corrected chi connectivity index (χ3v) is 4.82. The number of ether oxygens (including phenoxy) is 1. The average molecular weight is 367 g/mol. The molecule has 0 aliphatic carbocycles. The second-order valence-corrected chi connectivity index (χ2v) is 6.63. The first-order valence-corrected chi connectivity index (χ1v) is 8.32. The first-order chi connectivity index (χ1) is 11.0. The van der Waals surface area contributed by atoms with E-state index in [1.807, 2.05) is 29.8 Å². The van der Waals surface area contributed by atoms with E-state index in [1.54, 1.807) is 24.3 Å². The number of halogens is 2. The van der Waals surface area contributed by atoms with Crippen molar-refractivity contribution >= 4 is 50.7 Å². The van der Waals surface area contributed by atoms with Crippen LogP contribution in [0.3, 0.4) is 0 Å². The first kappa shape index (κ1) is 16.1. The van der Waals surface area contributed by atoms with Gasteiger partial charge >= 0.3 is 0 Å². The number of aromatic nitrogens is 1. The van der Waals surface area contributed by atoms with Crippen molar-refractivity contribution in [2.75, 3.05) is 6.61 Å². The molecule has 4 nitrogen and oxygen atoms in total. The second-order valence-electron chi connectivity index (χ2n) is 4.78. The summed E-state index contributed by atoms with van der Waals surface area (Å²) in [6, 6.07) is 12.4. The molecule has 23 heavy (non-hydrogen) atoms. The molecule has 2 aromatic carbocycles. The maximum absolute atomic E-state index is 12.0. The van der Waals surface area contributed by atoms with Crippen LogP contribution in [0, 0.1) is 0 Å². The third kappa shape index (κ3) is 3.58. The van der Waals surface area contributed by atoms with Gasteiger partial charge in [-0.15, -0.1) is 0 Å². The Bertz CT molecular complexity index is 929. The van der Waals surface area contributed by atoms with Gasteiger partial charge in [0.25, 0.3) is 5.91 Å². The smallest absolute Gasteiger partial charge is 0.286 e. The van der Waals surface area contributed by atoms with Crippen molar-refractivity contribution in [2.45, 2.75) is 0 Å². The highest BCUT2D eigenvalue weighted by molar-refractivity contribution is 7.16. The van der Waals surface area contributed by atoms with Gasteiger partial charge < -0.3 is 9.30 Å². The summed E-state index contributed by atoms with van der Waals surface area (Å²) in [4.78, 5) is 16.7. The number of thiazole rings is 1. The lowest BCUT2D eigenvalue weighted by Gasteiger charge is -2.02. The van der Waals surface area contributed by atoms with Crippen LogP contribution in [0.15, 0.2) is 47.5 Å². The molecule has 7 heteroatoms. The normalized spacial score (nSPS) is 11.9. The molecule has 0 bridgehead atoms. The summed E-state index contributed by atoms with van der Waals surface area (Å²) in [5.41, 5.74) is 0.865. The van der Waals surface area contributed by atoms with Crippen LogP contribution in [0.2, 0.25) is 10.0 Å². The van der Waals surface area contributed by atoms with E-state index in [2.05, 4.69) is 4.99 Å². The van der Waals surface area contributed by atoms with E-state index < -0.39 is 0 Å². The highest BCUT2D eigenvalue weighted by Crippen LogP contribution is 2.24. The molecule has 0 atom stereocenters. The van der Waals surface area contributed by atoms with Crippen LogP contribution in [-0.2, 0) is 11.8 Å². The van der Waals surface area contributed by atoms with Gasteiger partial charge in [0.2, 0.25) is 0 Å². The Hall–Kier alpha value is -1.82. The lowest BCUT2D eigenvalue weighted by atomic mass is 10.3. The summed E-state index contributed by atoms with van der Waals surface area (Å²) < 4.78 is 8.19. The Morgan fingerprint density at radius 1 is 1.22 bits per heavy atom. The molecule has 0 N–H and O–H groups in total. The minimum absolute atomic E-state index is 0.135. The van der Waals surface area contributed by atoms with E-state index in [1.165, 1.54) is 11.3 Å². The topological polar surface area (TPSA) is 43.6 Å². The van der Waals surface area contributed by atoms with Gasteiger partial charge in [-0.25, -0.2) is 0 Å². The van der Waals surface area contributed by atoms with Crippen molar-refractivity contribution in [3.05, 3.63) is 57.3 Å². The predicted molar refractivity (Wildman–Crippen MR) is 93.3 cm³/mol. The van der Waals surface area contributed by atoms with Crippen molar-refractivity contribution in [3.63, 3.8) is 0 Å². The summed E-state index contributed by atoms with van der Waals surface area (Å²) >= 11 is 13.4. The van der Waals surface area contributed by atoms with Gasteiger partial charge in [0.05, 0.1) is 15.2 Å². The molecule has 0 spiro atoms. The summed E-state index contributed by atoms with van der Waals surface area (Å²) in [6.45, 7) is -0.135. The van der Waals surface area contributed by atoms with Crippen LogP contribution in [-0.4, -0.2) is 17.1 Å². The molecule has 0 aliphatic heterocycles. The van der Waals surface area contributed by atoms with Crippen LogP contribution in [0.25, 0.3) is 10.2 Å². The van der Waals surface area contributed by atoms with Gasteiger partial charge in [0.1, 0.15) is 5.75 Å². The molecule has 0 radical (unpaired) electrons. The molecule has 0 unspecified atom stereocenters. The van der Waals surface area contributed by atoms with Crippen molar-refractivity contribution in [1.82, 2.24) is 4.57 Å². The second kappa shape index (κ2) is 6.74. The van der Waals surface area contributed by atoms with E-state index in [9.17, 15) is 4.79 Å². The monoisotopic (exact) mass is 366 g/mol. The summed E-state index contributed by atoms with van der Waals surface area (Å²) in [7, 11) is 1.83.